The highest BCUT2D eigenvalue weighted by atomic mass is 15.0. The summed E-state index contributed by atoms with van der Waals surface area (Å²) < 4.78 is 9.67. The summed E-state index contributed by atoms with van der Waals surface area (Å²) in [6, 6.07) is 159. The first-order valence-electron chi connectivity index (χ1n) is 38.5. The number of nitrogens with zero attached hydrogens (tertiary/aromatic N) is 4. The summed E-state index contributed by atoms with van der Waals surface area (Å²) in [5.74, 6) is 0. The lowest BCUT2D eigenvalue weighted by atomic mass is 9.97. The number of aromatic nitrogens is 4. The van der Waals surface area contributed by atoms with Crippen molar-refractivity contribution in [2.75, 3.05) is 0 Å². The molecule has 0 N–H and O–H groups in total. The Hall–Kier alpha value is -14.8. The molecule has 0 saturated heterocycles. The van der Waals surface area contributed by atoms with Gasteiger partial charge in [-0.3, -0.25) is 0 Å². The van der Waals surface area contributed by atoms with Crippen LogP contribution in [0.3, 0.4) is 0 Å². The smallest absolute Gasteiger partial charge is 0.0547 e. The summed E-state index contributed by atoms with van der Waals surface area (Å²) in [4.78, 5) is 0. The van der Waals surface area contributed by atoms with Crippen LogP contribution in [0.25, 0.3) is 199 Å². The second-order valence-corrected chi connectivity index (χ2v) is 29.1. The molecule has 4 heteroatoms. The fourth-order valence-electron chi connectivity index (χ4n) is 17.4. The molecule has 4 aromatic heterocycles. The molecule has 0 unspecified atom stereocenters. The van der Waals surface area contributed by atoms with Gasteiger partial charge < -0.3 is 18.3 Å². The summed E-state index contributed by atoms with van der Waals surface area (Å²) in [6.07, 6.45) is 0. The summed E-state index contributed by atoms with van der Waals surface area (Å²) in [6.45, 7) is 0. The van der Waals surface area contributed by atoms with Crippen LogP contribution in [0.15, 0.2) is 437 Å². The molecular formula is C108H72N4. The van der Waals surface area contributed by atoms with Crippen molar-refractivity contribution in [3.8, 4) is 112 Å². The van der Waals surface area contributed by atoms with Gasteiger partial charge in [-0.05, 0) is 210 Å². The van der Waals surface area contributed by atoms with Crippen molar-refractivity contribution in [2.45, 2.75) is 0 Å². The minimum atomic E-state index is 1.15. The lowest BCUT2D eigenvalue weighted by Crippen LogP contribution is -1.94. The second-order valence-electron chi connectivity index (χ2n) is 29.1. The molecule has 0 aliphatic carbocycles. The lowest BCUT2D eigenvalue weighted by Gasteiger charge is -2.11. The monoisotopic (exact) mass is 1420 g/mol. The third-order valence-electron chi connectivity index (χ3n) is 22.6. The van der Waals surface area contributed by atoms with Gasteiger partial charge in [-0.2, -0.15) is 0 Å². The number of para-hydroxylation sites is 2. The highest BCUT2D eigenvalue weighted by Crippen LogP contribution is 2.46. The van der Waals surface area contributed by atoms with Crippen LogP contribution in [-0.4, -0.2) is 18.3 Å². The third kappa shape index (κ3) is 11.5. The minimum Gasteiger partial charge on any atom is -0.309 e. The van der Waals surface area contributed by atoms with Gasteiger partial charge in [0, 0.05) is 65.8 Å². The van der Waals surface area contributed by atoms with E-state index in [-0.39, 0.29) is 0 Å². The fraction of sp³-hybridized carbons (Fsp3) is 0. The van der Waals surface area contributed by atoms with E-state index in [0.29, 0.717) is 0 Å². The van der Waals surface area contributed by atoms with E-state index in [2.05, 4.69) is 455 Å². The highest BCUT2D eigenvalue weighted by Gasteiger charge is 2.23. The molecule has 112 heavy (non-hydrogen) atoms. The van der Waals surface area contributed by atoms with Crippen LogP contribution >= 0.6 is 0 Å². The molecule has 0 aliphatic rings. The van der Waals surface area contributed by atoms with Crippen LogP contribution in [0.2, 0.25) is 0 Å². The van der Waals surface area contributed by atoms with E-state index in [0.717, 1.165) is 22.7 Å². The maximum atomic E-state index is 2.44. The number of fused-ring (bicyclic) bond motifs is 12. The van der Waals surface area contributed by atoms with Gasteiger partial charge in [0.2, 0.25) is 0 Å². The normalized spacial score (nSPS) is 11.6. The predicted molar refractivity (Wildman–Crippen MR) is 474 cm³/mol. The predicted octanol–water partition coefficient (Wildman–Crippen LogP) is 29.1. The average Bonchev–Trinajstić information content (AvgIpc) is 1.58. The first-order valence-corrected chi connectivity index (χ1v) is 38.5. The largest absolute Gasteiger partial charge is 0.309 e. The first-order chi connectivity index (χ1) is 55.6. The maximum absolute atomic E-state index is 2.44. The lowest BCUT2D eigenvalue weighted by molar-refractivity contribution is 1.18. The topological polar surface area (TPSA) is 19.7 Å². The van der Waals surface area contributed by atoms with E-state index in [1.165, 1.54) is 176 Å². The molecule has 4 nitrogen and oxygen atoms in total. The van der Waals surface area contributed by atoms with Crippen molar-refractivity contribution >= 4 is 87.2 Å². The molecule has 0 aliphatic heterocycles. The Balaban J connectivity index is 0.000000141. The molecule has 0 saturated carbocycles. The van der Waals surface area contributed by atoms with Crippen LogP contribution in [0, 0.1) is 0 Å². The Bertz CT molecular complexity index is 7300. The quantitative estimate of drug-likeness (QED) is 0.116. The standard InChI is InChI=1S/2C54H36N2/c1-4-14-37(15-5-1)39-26-30-44(31-27-39)55-52-33-29-43(36-49(52)54-46(23-13-25-53(54)55)40-18-8-3-9-19-40)42-28-32-51-48(35-42)47-22-10-11-24-50(47)56(51)45-21-12-20-41(34-45)38-16-6-2-7-17-38;1-4-14-37(15-5-1)39-26-30-44(31-27-39)55-50-24-11-10-22-47(50)48-35-42(28-32-51(48)55)43-29-33-52-49(36-43)54-46(40-18-8-3-9-19-40)23-13-25-53(54)56(52)45-21-12-20-41(34-45)38-16-6-2-7-17-38/h2*1-36H. The van der Waals surface area contributed by atoms with Crippen LogP contribution < -0.4 is 0 Å². The van der Waals surface area contributed by atoms with Crippen LogP contribution in [0.4, 0.5) is 0 Å². The van der Waals surface area contributed by atoms with Gasteiger partial charge >= 0.3 is 0 Å². The Morgan fingerprint density at radius 1 is 0.116 bits per heavy atom. The van der Waals surface area contributed by atoms with Crippen LogP contribution in [-0.2, 0) is 0 Å². The molecule has 0 amide bonds. The van der Waals surface area contributed by atoms with E-state index in [9.17, 15) is 0 Å². The zero-order valence-corrected chi connectivity index (χ0v) is 61.4. The number of rotatable bonds is 12. The minimum absolute atomic E-state index is 1.15. The molecular weight excluding hydrogens is 1350 g/mol. The molecule has 524 valence electrons. The van der Waals surface area contributed by atoms with E-state index in [1.807, 2.05) is 0 Å². The first kappa shape index (κ1) is 65.5. The van der Waals surface area contributed by atoms with Crippen molar-refractivity contribution < 1.29 is 0 Å². The van der Waals surface area contributed by atoms with Gasteiger partial charge in [-0.1, -0.05) is 315 Å². The Labute approximate surface area is 649 Å². The highest BCUT2D eigenvalue weighted by molar-refractivity contribution is 6.19. The van der Waals surface area contributed by atoms with Crippen molar-refractivity contribution in [1.29, 1.82) is 0 Å². The van der Waals surface area contributed by atoms with Gasteiger partial charge in [0.05, 0.1) is 44.1 Å². The average molecular weight is 1430 g/mol. The van der Waals surface area contributed by atoms with Gasteiger partial charge in [0.25, 0.3) is 0 Å². The molecule has 0 spiro atoms. The van der Waals surface area contributed by atoms with Gasteiger partial charge in [-0.15, -0.1) is 0 Å². The van der Waals surface area contributed by atoms with Crippen molar-refractivity contribution in [3.63, 3.8) is 0 Å². The zero-order valence-electron chi connectivity index (χ0n) is 61.4. The second kappa shape index (κ2) is 27.7. The molecule has 22 rings (SSSR count). The molecule has 0 bridgehead atoms. The molecule has 4 heterocycles. The summed E-state index contributed by atoms with van der Waals surface area (Å²) in [5.41, 5.74) is 33.6. The Morgan fingerprint density at radius 2 is 0.348 bits per heavy atom. The summed E-state index contributed by atoms with van der Waals surface area (Å²) in [7, 11) is 0. The van der Waals surface area contributed by atoms with E-state index < -0.39 is 0 Å². The zero-order chi connectivity index (χ0) is 74.0. The summed E-state index contributed by atoms with van der Waals surface area (Å²) >= 11 is 0. The van der Waals surface area contributed by atoms with Crippen molar-refractivity contribution in [3.05, 3.63) is 437 Å². The van der Waals surface area contributed by atoms with Crippen molar-refractivity contribution in [1.82, 2.24) is 18.3 Å². The van der Waals surface area contributed by atoms with Crippen molar-refractivity contribution in [2.24, 2.45) is 0 Å². The molecule has 0 atom stereocenters. The van der Waals surface area contributed by atoms with Gasteiger partial charge in [0.1, 0.15) is 0 Å². The molecule has 0 radical (unpaired) electrons. The molecule has 18 aromatic carbocycles. The Kier molecular flexibility index (Phi) is 16.2. The van der Waals surface area contributed by atoms with Crippen LogP contribution in [0.1, 0.15) is 0 Å². The van der Waals surface area contributed by atoms with Gasteiger partial charge in [0.15, 0.2) is 0 Å². The summed E-state index contributed by atoms with van der Waals surface area (Å²) in [5, 5.41) is 9.99. The van der Waals surface area contributed by atoms with Gasteiger partial charge in [-0.25, -0.2) is 0 Å². The number of benzene rings is 18. The van der Waals surface area contributed by atoms with E-state index in [1.54, 1.807) is 0 Å². The number of hydrogen-bond acceptors (Lipinski definition) is 0. The van der Waals surface area contributed by atoms with E-state index in [4.69, 9.17) is 0 Å². The maximum Gasteiger partial charge on any atom is 0.0547 e. The molecule has 0 fully saturated rings. The molecule has 22 aromatic rings. The third-order valence-corrected chi connectivity index (χ3v) is 22.6. The SMILES string of the molecule is c1ccc(-c2ccc(-n3c4ccc(-c5ccc6c(c5)c5ccccc5n6-c5cccc(-c6ccccc6)c5)cc4c4c(-c5ccccc5)cccc43)cc2)cc1.c1ccc(-c2ccc(-n3c4ccccc4c4cc(-c5ccc6c(c5)c5c(-c7ccccc7)cccc5n6-c5cccc(-c6ccccc6)c5)ccc43)cc2)cc1. The fourth-order valence-corrected chi connectivity index (χ4v) is 17.4. The number of hydrogen-bond donors (Lipinski definition) is 0. The van der Waals surface area contributed by atoms with Crippen LogP contribution in [0.5, 0.6) is 0 Å². The van der Waals surface area contributed by atoms with E-state index >= 15 is 0 Å². The Morgan fingerprint density at radius 3 is 0.723 bits per heavy atom.